The molecule has 0 aliphatic rings. The van der Waals surface area contributed by atoms with Gasteiger partial charge in [-0.15, -0.1) is 0 Å². The molecule has 11 heteroatoms. The van der Waals surface area contributed by atoms with Gasteiger partial charge in [-0.25, -0.2) is 13.2 Å². The maximum absolute atomic E-state index is 13.3. The third-order valence-electron chi connectivity index (χ3n) is 4.11. The summed E-state index contributed by atoms with van der Waals surface area (Å²) in [5.74, 6) is -1.52. The molecule has 0 atom stereocenters. The highest BCUT2D eigenvalue weighted by Gasteiger charge is 2.30. The van der Waals surface area contributed by atoms with Crippen LogP contribution in [0.1, 0.15) is 22.8 Å². The average molecular weight is 436 g/mol. The van der Waals surface area contributed by atoms with Crippen molar-refractivity contribution in [1.82, 2.24) is 0 Å². The van der Waals surface area contributed by atoms with Gasteiger partial charge < -0.3 is 9.47 Å². The number of carbonyl (C=O) groups is 2. The monoisotopic (exact) mass is 436 g/mol. The number of benzene rings is 2. The predicted molar refractivity (Wildman–Crippen MR) is 107 cm³/mol. The number of nitro benzene ring substituents is 1. The Morgan fingerprint density at radius 2 is 1.87 bits per heavy atom. The first-order chi connectivity index (χ1) is 14.1. The summed E-state index contributed by atoms with van der Waals surface area (Å²) in [7, 11) is -3.32. The lowest BCUT2D eigenvalue weighted by Gasteiger charge is -2.25. The molecule has 10 nitrogen and oxygen atoms in total. The van der Waals surface area contributed by atoms with Gasteiger partial charge in [0.25, 0.3) is 15.7 Å². The zero-order valence-corrected chi connectivity index (χ0v) is 17.3. The Bertz CT molecular complexity index is 1080. The SMILES string of the molecule is CCOC(=O)c1ccc(C)c(N(CC(=O)OC)S(=O)(=O)c2cccc([N+](=O)[O-])c2)c1. The van der Waals surface area contributed by atoms with E-state index < -0.39 is 39.1 Å². The molecule has 2 rings (SSSR count). The van der Waals surface area contributed by atoms with Crippen LogP contribution in [0.2, 0.25) is 0 Å². The molecule has 2 aromatic rings. The Morgan fingerprint density at radius 3 is 2.47 bits per heavy atom. The van der Waals surface area contributed by atoms with Gasteiger partial charge in [0.1, 0.15) is 6.54 Å². The lowest BCUT2D eigenvalue weighted by Crippen LogP contribution is -2.37. The van der Waals surface area contributed by atoms with Crippen LogP contribution in [0.4, 0.5) is 11.4 Å². The Balaban J connectivity index is 2.65. The molecule has 0 bridgehead atoms. The van der Waals surface area contributed by atoms with E-state index in [1.807, 2.05) is 0 Å². The van der Waals surface area contributed by atoms with Crippen LogP contribution < -0.4 is 4.31 Å². The first kappa shape index (κ1) is 22.8. The summed E-state index contributed by atoms with van der Waals surface area (Å²) < 4.78 is 36.9. The van der Waals surface area contributed by atoms with Crippen LogP contribution in [0.25, 0.3) is 0 Å². The zero-order valence-electron chi connectivity index (χ0n) is 16.5. The number of anilines is 1. The Hall–Kier alpha value is -3.47. The predicted octanol–water partition coefficient (Wildman–Crippen LogP) is 2.45. The molecule has 0 saturated carbocycles. The second-order valence-electron chi connectivity index (χ2n) is 6.06. The van der Waals surface area contributed by atoms with Crippen LogP contribution in [0.5, 0.6) is 0 Å². The Morgan fingerprint density at radius 1 is 1.17 bits per heavy atom. The van der Waals surface area contributed by atoms with Crippen LogP contribution in [-0.4, -0.2) is 45.5 Å². The maximum atomic E-state index is 13.3. The summed E-state index contributed by atoms with van der Waals surface area (Å²) in [6.45, 7) is 2.65. The van der Waals surface area contributed by atoms with E-state index in [0.717, 1.165) is 23.5 Å². The van der Waals surface area contributed by atoms with Gasteiger partial charge in [0.05, 0.1) is 34.8 Å². The van der Waals surface area contributed by atoms with E-state index in [-0.39, 0.29) is 22.8 Å². The molecule has 0 unspecified atom stereocenters. The van der Waals surface area contributed by atoms with Crippen molar-refractivity contribution in [3.63, 3.8) is 0 Å². The van der Waals surface area contributed by atoms with Gasteiger partial charge in [0.15, 0.2) is 0 Å². The Kier molecular flexibility index (Phi) is 7.11. The maximum Gasteiger partial charge on any atom is 0.338 e. The number of non-ortho nitro benzene ring substituents is 1. The molecule has 0 N–H and O–H groups in total. The van der Waals surface area contributed by atoms with Crippen LogP contribution >= 0.6 is 0 Å². The van der Waals surface area contributed by atoms with Crippen LogP contribution in [-0.2, 0) is 24.3 Å². The summed E-state index contributed by atoms with van der Waals surface area (Å²) in [4.78, 5) is 34.0. The van der Waals surface area contributed by atoms with Crippen molar-refractivity contribution in [3.8, 4) is 0 Å². The quantitative estimate of drug-likeness (QED) is 0.350. The number of sulfonamides is 1. The van der Waals surface area contributed by atoms with Gasteiger partial charge in [0, 0.05) is 12.1 Å². The van der Waals surface area contributed by atoms with E-state index >= 15 is 0 Å². The topological polar surface area (TPSA) is 133 Å². The Labute approximate surface area is 173 Å². The van der Waals surface area contributed by atoms with Crippen LogP contribution in [0.3, 0.4) is 0 Å². The highest BCUT2D eigenvalue weighted by Crippen LogP contribution is 2.29. The molecular weight excluding hydrogens is 416 g/mol. The smallest absolute Gasteiger partial charge is 0.338 e. The minimum atomic E-state index is -4.42. The van der Waals surface area contributed by atoms with E-state index in [1.54, 1.807) is 13.8 Å². The molecule has 160 valence electrons. The highest BCUT2D eigenvalue weighted by atomic mass is 32.2. The molecule has 0 aliphatic carbocycles. The number of carbonyl (C=O) groups excluding carboxylic acids is 2. The fraction of sp³-hybridized carbons (Fsp3) is 0.263. The third kappa shape index (κ3) is 4.92. The van der Waals surface area contributed by atoms with Gasteiger partial charge in [-0.3, -0.25) is 19.2 Å². The van der Waals surface area contributed by atoms with Crippen molar-refractivity contribution in [2.45, 2.75) is 18.7 Å². The molecule has 0 spiro atoms. The highest BCUT2D eigenvalue weighted by molar-refractivity contribution is 7.92. The van der Waals surface area contributed by atoms with Crippen molar-refractivity contribution in [1.29, 1.82) is 0 Å². The van der Waals surface area contributed by atoms with Gasteiger partial charge in [-0.05, 0) is 37.6 Å². The molecule has 0 amide bonds. The zero-order chi connectivity index (χ0) is 22.5. The summed E-state index contributed by atoms with van der Waals surface area (Å²) in [5.41, 5.74) is 0.145. The van der Waals surface area contributed by atoms with Crippen molar-refractivity contribution in [2.24, 2.45) is 0 Å². The van der Waals surface area contributed by atoms with Gasteiger partial charge in [-0.1, -0.05) is 12.1 Å². The van der Waals surface area contributed by atoms with Crippen molar-refractivity contribution in [2.75, 3.05) is 24.6 Å². The van der Waals surface area contributed by atoms with E-state index in [2.05, 4.69) is 4.74 Å². The largest absolute Gasteiger partial charge is 0.468 e. The molecule has 0 aliphatic heterocycles. The van der Waals surface area contributed by atoms with Crippen LogP contribution in [0.15, 0.2) is 47.4 Å². The van der Waals surface area contributed by atoms with E-state index in [9.17, 15) is 28.1 Å². The fourth-order valence-corrected chi connectivity index (χ4v) is 4.09. The summed E-state index contributed by atoms with van der Waals surface area (Å²) in [6, 6.07) is 8.70. The number of rotatable bonds is 8. The number of nitrogens with zero attached hydrogens (tertiary/aromatic N) is 2. The second kappa shape index (κ2) is 9.35. The number of nitro groups is 1. The second-order valence-corrected chi connectivity index (χ2v) is 7.93. The van der Waals surface area contributed by atoms with Crippen LogP contribution in [0, 0.1) is 17.0 Å². The number of esters is 2. The summed E-state index contributed by atoms with van der Waals surface area (Å²) in [6.07, 6.45) is 0. The molecule has 0 radical (unpaired) electrons. The fourth-order valence-electron chi connectivity index (χ4n) is 2.59. The normalized spacial score (nSPS) is 10.9. The van der Waals surface area contributed by atoms with Gasteiger partial charge in [-0.2, -0.15) is 0 Å². The number of aryl methyl sites for hydroxylation is 1. The average Bonchev–Trinajstić information content (AvgIpc) is 2.72. The lowest BCUT2D eigenvalue weighted by atomic mass is 10.1. The van der Waals surface area contributed by atoms with Crippen molar-refractivity contribution >= 4 is 33.3 Å². The summed E-state index contributed by atoms with van der Waals surface area (Å²) in [5, 5.41) is 11.1. The van der Waals surface area contributed by atoms with Gasteiger partial charge in [0.2, 0.25) is 0 Å². The first-order valence-electron chi connectivity index (χ1n) is 8.73. The standard InChI is InChI=1S/C19H20N2O8S/c1-4-29-19(23)14-9-8-13(2)17(10-14)20(12-18(22)28-3)30(26,27)16-7-5-6-15(11-16)21(24)25/h5-11H,4,12H2,1-3H3. The number of hydrogen-bond acceptors (Lipinski definition) is 8. The molecule has 0 fully saturated rings. The summed E-state index contributed by atoms with van der Waals surface area (Å²) >= 11 is 0. The molecule has 2 aromatic carbocycles. The molecule has 0 heterocycles. The van der Waals surface area contributed by atoms with Gasteiger partial charge >= 0.3 is 11.9 Å². The first-order valence-corrected chi connectivity index (χ1v) is 10.2. The lowest BCUT2D eigenvalue weighted by molar-refractivity contribution is -0.385. The third-order valence-corrected chi connectivity index (χ3v) is 5.86. The number of methoxy groups -OCH3 is 1. The minimum Gasteiger partial charge on any atom is -0.468 e. The van der Waals surface area contributed by atoms with Crippen molar-refractivity contribution in [3.05, 3.63) is 63.7 Å². The van der Waals surface area contributed by atoms with E-state index in [0.29, 0.717) is 5.56 Å². The molecular formula is C19H20N2O8S. The molecule has 30 heavy (non-hydrogen) atoms. The number of hydrogen-bond donors (Lipinski definition) is 0. The van der Waals surface area contributed by atoms with E-state index in [1.165, 1.54) is 30.3 Å². The molecule has 0 saturated heterocycles. The van der Waals surface area contributed by atoms with E-state index in [4.69, 9.17) is 4.74 Å². The molecule has 0 aromatic heterocycles. The van der Waals surface area contributed by atoms with Crippen molar-refractivity contribution < 1.29 is 32.4 Å². The minimum absolute atomic E-state index is 0.0393. The number of ether oxygens (including phenoxy) is 2.